The van der Waals surface area contributed by atoms with Crippen molar-refractivity contribution in [1.82, 2.24) is 9.78 Å². The maximum absolute atomic E-state index is 12.6. The van der Waals surface area contributed by atoms with Gasteiger partial charge in [-0.05, 0) is 18.2 Å². The number of carbonyl (C=O) groups excluding carboxylic acids is 1. The van der Waals surface area contributed by atoms with Crippen LogP contribution < -0.4 is 20.1 Å². The van der Waals surface area contributed by atoms with E-state index < -0.39 is 0 Å². The highest BCUT2D eigenvalue weighted by Crippen LogP contribution is 2.22. The number of halogens is 1. The van der Waals surface area contributed by atoms with E-state index in [4.69, 9.17) is 11.6 Å². The smallest absolute Gasteiger partial charge is 0.280 e. The number of hydrogen-bond donors (Lipinski definition) is 2. The summed E-state index contributed by atoms with van der Waals surface area (Å²) in [7, 11) is 1.83. The van der Waals surface area contributed by atoms with Crippen molar-refractivity contribution in [3.8, 4) is 11.3 Å². The van der Waals surface area contributed by atoms with Gasteiger partial charge in [0.1, 0.15) is 32.0 Å². The molecule has 7 nitrogen and oxygen atoms in total. The predicted octanol–water partition coefficient (Wildman–Crippen LogP) is 0.898. The zero-order valence-corrected chi connectivity index (χ0v) is 17.1. The van der Waals surface area contributed by atoms with E-state index in [1.165, 1.54) is 4.90 Å². The van der Waals surface area contributed by atoms with Gasteiger partial charge in [-0.2, -0.15) is 5.10 Å². The second-order valence-electron chi connectivity index (χ2n) is 7.26. The molecule has 0 radical (unpaired) electrons. The molecule has 1 saturated heterocycles. The van der Waals surface area contributed by atoms with Crippen molar-refractivity contribution in [2.24, 2.45) is 7.05 Å². The Morgan fingerprint density at radius 3 is 2.66 bits per heavy atom. The number of aromatic nitrogens is 3. The van der Waals surface area contributed by atoms with Gasteiger partial charge >= 0.3 is 0 Å². The molecule has 0 bridgehead atoms. The molecule has 8 heteroatoms. The molecule has 3 N–H and O–H groups in total. The maximum Gasteiger partial charge on any atom is 0.280 e. The van der Waals surface area contributed by atoms with Crippen molar-refractivity contribution in [2.45, 2.75) is 0 Å². The normalized spacial score (nSPS) is 14.8. The van der Waals surface area contributed by atoms with Gasteiger partial charge in [0.25, 0.3) is 11.7 Å². The van der Waals surface area contributed by atoms with E-state index in [9.17, 15) is 4.79 Å². The van der Waals surface area contributed by atoms with Gasteiger partial charge in [-0.15, -0.1) is 0 Å². The number of piperazine rings is 1. The van der Waals surface area contributed by atoms with Crippen molar-refractivity contribution in [1.29, 1.82) is 0 Å². The van der Waals surface area contributed by atoms with Crippen molar-refractivity contribution in [3.05, 3.63) is 59.8 Å². The van der Waals surface area contributed by atoms with Crippen molar-refractivity contribution < 1.29 is 14.7 Å². The first-order chi connectivity index (χ1) is 14.1. The van der Waals surface area contributed by atoms with Crippen LogP contribution in [0.5, 0.6) is 0 Å². The number of benzene rings is 1. The monoisotopic (exact) mass is 412 g/mol. The number of quaternary nitrogens is 1. The number of nitrogens with one attached hydrogen (secondary N) is 3. The standard InChI is InChI=1S/C21H23ClN6O/c1-26-20(14-18(25-26)16-5-7-17(22)8-6-16)24-21(29)15-27-10-12-28(13-11-27)19-4-2-3-9-23-19/h2-9,14H,10-13,15H2,1H3,(H,24,29)/p+2. The summed E-state index contributed by atoms with van der Waals surface area (Å²) in [5, 5.41) is 8.18. The Hall–Kier alpha value is -2.90. The fourth-order valence-electron chi connectivity index (χ4n) is 3.58. The second kappa shape index (κ2) is 8.63. The lowest BCUT2D eigenvalue weighted by Gasteiger charge is -2.27. The van der Waals surface area contributed by atoms with E-state index in [2.05, 4.69) is 26.4 Å². The summed E-state index contributed by atoms with van der Waals surface area (Å²) in [5.41, 5.74) is 1.77. The average molecular weight is 413 g/mol. The fourth-order valence-corrected chi connectivity index (χ4v) is 3.71. The van der Waals surface area contributed by atoms with Crippen molar-refractivity contribution in [3.63, 3.8) is 0 Å². The van der Waals surface area contributed by atoms with Gasteiger partial charge in [0, 0.05) is 29.8 Å². The molecular weight excluding hydrogens is 388 g/mol. The molecule has 3 heterocycles. The van der Waals surface area contributed by atoms with Gasteiger partial charge in [0.15, 0.2) is 6.54 Å². The van der Waals surface area contributed by atoms with Crippen LogP contribution in [-0.2, 0) is 11.8 Å². The molecule has 0 saturated carbocycles. The third kappa shape index (κ3) is 4.75. The molecule has 2 aromatic heterocycles. The lowest BCUT2D eigenvalue weighted by Crippen LogP contribution is -3.15. The lowest BCUT2D eigenvalue weighted by atomic mass is 10.1. The summed E-state index contributed by atoms with van der Waals surface area (Å²) in [6.45, 7) is 4.16. The van der Waals surface area contributed by atoms with Gasteiger partial charge in [0.2, 0.25) is 0 Å². The first kappa shape index (κ1) is 19.4. The van der Waals surface area contributed by atoms with E-state index in [0.717, 1.165) is 43.3 Å². The van der Waals surface area contributed by atoms with Gasteiger partial charge in [-0.3, -0.25) is 14.4 Å². The van der Waals surface area contributed by atoms with Gasteiger partial charge < -0.3 is 10.2 Å². The van der Waals surface area contributed by atoms with E-state index >= 15 is 0 Å². The van der Waals surface area contributed by atoms with Gasteiger partial charge in [-0.1, -0.05) is 29.8 Å². The molecule has 0 atom stereocenters. The summed E-state index contributed by atoms with van der Waals surface area (Å²) in [6.07, 6.45) is 1.94. The Balaban J connectivity index is 1.32. The van der Waals surface area contributed by atoms with Crippen LogP contribution >= 0.6 is 11.6 Å². The largest absolute Gasteiger partial charge is 0.321 e. The first-order valence-electron chi connectivity index (χ1n) is 9.73. The van der Waals surface area contributed by atoms with E-state index in [0.29, 0.717) is 17.4 Å². The number of H-pyrrole nitrogens is 1. The molecule has 29 heavy (non-hydrogen) atoms. The molecule has 1 aliphatic rings. The molecule has 1 fully saturated rings. The third-order valence-corrected chi connectivity index (χ3v) is 5.45. The molecule has 150 valence electrons. The molecule has 0 aliphatic carbocycles. The average Bonchev–Trinajstić information content (AvgIpc) is 3.10. The number of anilines is 2. The molecule has 4 rings (SSSR count). The quantitative estimate of drug-likeness (QED) is 0.654. The summed E-state index contributed by atoms with van der Waals surface area (Å²) in [4.78, 5) is 19.4. The number of rotatable bonds is 5. The van der Waals surface area contributed by atoms with E-state index in [1.54, 1.807) is 4.68 Å². The second-order valence-corrected chi connectivity index (χ2v) is 7.69. The highest BCUT2D eigenvalue weighted by molar-refractivity contribution is 6.30. The molecule has 0 unspecified atom stereocenters. The SMILES string of the molecule is Cn1nc(-c2ccc(Cl)cc2)cc1NC(=O)C[NH+]1CCN(c2cccc[nH+]2)CC1. The predicted molar refractivity (Wildman–Crippen MR) is 113 cm³/mol. The molecule has 1 aromatic carbocycles. The summed E-state index contributed by atoms with van der Waals surface area (Å²) >= 11 is 5.95. The van der Waals surface area contributed by atoms with Crippen LogP contribution in [0.1, 0.15) is 0 Å². The van der Waals surface area contributed by atoms with Crippen LogP contribution in [0.4, 0.5) is 11.6 Å². The number of carbonyl (C=O) groups is 1. The summed E-state index contributed by atoms with van der Waals surface area (Å²) in [5.74, 6) is 1.82. The van der Waals surface area contributed by atoms with Crippen LogP contribution in [0.3, 0.4) is 0 Å². The Morgan fingerprint density at radius 2 is 1.97 bits per heavy atom. The number of nitrogens with zero attached hydrogens (tertiary/aromatic N) is 3. The molecule has 3 aromatic rings. The Labute approximate surface area is 174 Å². The highest BCUT2D eigenvalue weighted by atomic mass is 35.5. The van der Waals surface area contributed by atoms with Crippen LogP contribution in [0.2, 0.25) is 5.02 Å². The molecule has 1 amide bonds. The van der Waals surface area contributed by atoms with E-state index in [1.807, 2.05) is 55.7 Å². The third-order valence-electron chi connectivity index (χ3n) is 5.20. The maximum atomic E-state index is 12.6. The first-order valence-corrected chi connectivity index (χ1v) is 10.1. The minimum atomic E-state index is 0.00498. The lowest BCUT2D eigenvalue weighted by molar-refractivity contribution is -0.892. The van der Waals surface area contributed by atoms with Crippen LogP contribution in [0.25, 0.3) is 11.3 Å². The number of aromatic amines is 1. The number of amides is 1. The number of aryl methyl sites for hydroxylation is 1. The van der Waals surface area contributed by atoms with Gasteiger partial charge in [-0.25, -0.2) is 4.98 Å². The Kier molecular flexibility index (Phi) is 5.78. The topological polar surface area (TPSA) is 68.7 Å². The zero-order valence-electron chi connectivity index (χ0n) is 16.4. The van der Waals surface area contributed by atoms with Crippen LogP contribution in [-0.4, -0.2) is 48.4 Å². The number of pyridine rings is 1. The Bertz CT molecular complexity index is 965. The minimum absolute atomic E-state index is 0.00498. The minimum Gasteiger partial charge on any atom is -0.321 e. The van der Waals surface area contributed by atoms with Crippen LogP contribution in [0.15, 0.2) is 54.7 Å². The Morgan fingerprint density at radius 1 is 1.21 bits per heavy atom. The van der Waals surface area contributed by atoms with E-state index in [-0.39, 0.29) is 5.91 Å². The summed E-state index contributed by atoms with van der Waals surface area (Å²) in [6, 6.07) is 15.5. The zero-order chi connectivity index (χ0) is 20.2. The van der Waals surface area contributed by atoms with Crippen LogP contribution in [0, 0.1) is 0 Å². The summed E-state index contributed by atoms with van der Waals surface area (Å²) < 4.78 is 1.69. The van der Waals surface area contributed by atoms with Crippen molar-refractivity contribution >= 4 is 29.1 Å². The molecule has 1 aliphatic heterocycles. The fraction of sp³-hybridized carbons (Fsp3) is 0.286. The highest BCUT2D eigenvalue weighted by Gasteiger charge is 2.27. The van der Waals surface area contributed by atoms with Gasteiger partial charge in [0.05, 0.1) is 11.9 Å². The van der Waals surface area contributed by atoms with Crippen molar-refractivity contribution in [2.75, 3.05) is 42.9 Å². The number of hydrogen-bond acceptors (Lipinski definition) is 3. The molecule has 0 spiro atoms. The molecular formula is C21H25ClN6O+2.